The van der Waals surface area contributed by atoms with E-state index in [9.17, 15) is 13.2 Å². The third-order valence-corrected chi connectivity index (χ3v) is 2.99. The lowest BCUT2D eigenvalue weighted by Gasteiger charge is -2.20. The first kappa shape index (κ1) is 14.5. The summed E-state index contributed by atoms with van der Waals surface area (Å²) < 4.78 is 44.0. The van der Waals surface area contributed by atoms with Gasteiger partial charge in [-0.2, -0.15) is 13.2 Å². The van der Waals surface area contributed by atoms with E-state index < -0.39 is 17.8 Å². The van der Waals surface area contributed by atoms with Crippen molar-refractivity contribution in [3.63, 3.8) is 0 Å². The molecule has 2 heterocycles. The van der Waals surface area contributed by atoms with Gasteiger partial charge in [0.05, 0.1) is 11.8 Å². The number of nitrogens with zero attached hydrogens (tertiary/aromatic N) is 1. The molecular formula is C13H14F3N3O. The van der Waals surface area contributed by atoms with Crippen LogP contribution in [0.5, 0.6) is 0 Å². The molecule has 0 spiro atoms. The Hall–Kier alpha value is -1.86. The van der Waals surface area contributed by atoms with Crippen LogP contribution in [0.4, 0.5) is 13.2 Å². The van der Waals surface area contributed by atoms with Gasteiger partial charge in [-0.1, -0.05) is 0 Å². The quantitative estimate of drug-likeness (QED) is 0.655. The Labute approximate surface area is 113 Å². The summed E-state index contributed by atoms with van der Waals surface area (Å²) in [5, 5.41) is 0. The van der Waals surface area contributed by atoms with Gasteiger partial charge in [-0.3, -0.25) is 16.3 Å². The van der Waals surface area contributed by atoms with Gasteiger partial charge < -0.3 is 4.42 Å². The zero-order chi connectivity index (χ0) is 14.6. The highest BCUT2D eigenvalue weighted by Gasteiger charge is 2.35. The molecule has 3 N–H and O–H groups in total. The predicted molar refractivity (Wildman–Crippen MR) is 66.3 cm³/mol. The Morgan fingerprint density at radius 3 is 2.75 bits per heavy atom. The van der Waals surface area contributed by atoms with E-state index in [1.54, 1.807) is 12.1 Å². The molecule has 2 rings (SSSR count). The molecule has 1 atom stereocenters. The number of alkyl halides is 3. The van der Waals surface area contributed by atoms with Crippen molar-refractivity contribution in [1.82, 2.24) is 10.4 Å². The van der Waals surface area contributed by atoms with Crippen LogP contribution in [0, 0.1) is 0 Å². The summed E-state index contributed by atoms with van der Waals surface area (Å²) >= 11 is 0. The van der Waals surface area contributed by atoms with Crippen LogP contribution < -0.4 is 11.3 Å². The van der Waals surface area contributed by atoms with Gasteiger partial charge >= 0.3 is 6.18 Å². The molecule has 0 fully saturated rings. The summed E-state index contributed by atoms with van der Waals surface area (Å²) in [5.74, 6) is 6.08. The van der Waals surface area contributed by atoms with Gasteiger partial charge in [0.15, 0.2) is 0 Å². The summed E-state index contributed by atoms with van der Waals surface area (Å²) in [7, 11) is 0. The average molecular weight is 285 g/mol. The number of aromatic nitrogens is 1. The highest BCUT2D eigenvalue weighted by atomic mass is 19.4. The molecule has 0 aliphatic carbocycles. The Balaban J connectivity index is 2.19. The fourth-order valence-corrected chi connectivity index (χ4v) is 2.01. The lowest BCUT2D eigenvalue weighted by atomic mass is 9.98. The van der Waals surface area contributed by atoms with Crippen molar-refractivity contribution in [3.8, 4) is 0 Å². The van der Waals surface area contributed by atoms with E-state index in [0.717, 1.165) is 12.3 Å². The van der Waals surface area contributed by atoms with E-state index in [1.807, 2.05) is 0 Å². The first-order valence-electron chi connectivity index (χ1n) is 6.02. The number of hydrogen-bond acceptors (Lipinski definition) is 4. The molecule has 7 heteroatoms. The number of halogens is 3. The Bertz CT molecular complexity index is 540. The maximum absolute atomic E-state index is 12.9. The minimum atomic E-state index is -4.43. The molecule has 0 saturated carbocycles. The normalized spacial score (nSPS) is 13.4. The van der Waals surface area contributed by atoms with Crippen LogP contribution in [0.2, 0.25) is 0 Å². The minimum absolute atomic E-state index is 0.0362. The van der Waals surface area contributed by atoms with Gasteiger partial charge in [0.2, 0.25) is 0 Å². The van der Waals surface area contributed by atoms with Crippen molar-refractivity contribution in [2.24, 2.45) is 5.84 Å². The van der Waals surface area contributed by atoms with E-state index in [2.05, 4.69) is 10.4 Å². The minimum Gasteiger partial charge on any atom is -0.469 e. The summed E-state index contributed by atoms with van der Waals surface area (Å²) in [6.07, 6.45) is 0.248. The molecule has 0 radical (unpaired) electrons. The van der Waals surface area contributed by atoms with Crippen molar-refractivity contribution in [2.75, 3.05) is 0 Å². The van der Waals surface area contributed by atoms with E-state index in [-0.39, 0.29) is 5.56 Å². The maximum atomic E-state index is 12.9. The number of pyridine rings is 1. The Kier molecular flexibility index (Phi) is 4.41. The second-order valence-corrected chi connectivity index (χ2v) is 4.30. The fraction of sp³-hybridized carbons (Fsp3) is 0.308. The molecule has 0 saturated heterocycles. The van der Waals surface area contributed by atoms with E-state index >= 15 is 0 Å². The summed E-state index contributed by atoms with van der Waals surface area (Å²) in [6, 6.07) is 3.80. The first-order chi connectivity index (χ1) is 9.52. The lowest BCUT2D eigenvalue weighted by Crippen LogP contribution is -2.30. The molecular weight excluding hydrogens is 271 g/mol. The van der Waals surface area contributed by atoms with Crippen molar-refractivity contribution in [3.05, 3.63) is 53.7 Å². The number of rotatable bonds is 5. The van der Waals surface area contributed by atoms with Crippen LogP contribution in [0.3, 0.4) is 0 Å². The van der Waals surface area contributed by atoms with Crippen LogP contribution >= 0.6 is 0 Å². The van der Waals surface area contributed by atoms with Gasteiger partial charge in [-0.05, 0) is 24.6 Å². The lowest BCUT2D eigenvalue weighted by molar-refractivity contribution is -0.138. The highest BCUT2D eigenvalue weighted by Crippen LogP contribution is 2.34. The van der Waals surface area contributed by atoms with Crippen LogP contribution in [0.25, 0.3) is 0 Å². The fourth-order valence-electron chi connectivity index (χ4n) is 2.01. The van der Waals surface area contributed by atoms with Crippen LogP contribution in [-0.4, -0.2) is 4.98 Å². The average Bonchev–Trinajstić information content (AvgIpc) is 2.92. The number of hydrazine groups is 1. The Morgan fingerprint density at radius 2 is 2.15 bits per heavy atom. The number of hydrogen-bond donors (Lipinski definition) is 2. The van der Waals surface area contributed by atoms with Gasteiger partial charge in [0.25, 0.3) is 0 Å². The second-order valence-electron chi connectivity index (χ2n) is 4.30. The molecule has 0 bridgehead atoms. The smallest absolute Gasteiger partial charge is 0.416 e. The van der Waals surface area contributed by atoms with Crippen molar-refractivity contribution >= 4 is 0 Å². The topological polar surface area (TPSA) is 64.1 Å². The number of furan rings is 1. The third kappa shape index (κ3) is 3.37. The maximum Gasteiger partial charge on any atom is 0.416 e. The first-order valence-corrected chi connectivity index (χ1v) is 6.02. The molecule has 2 aromatic rings. The zero-order valence-corrected chi connectivity index (χ0v) is 10.5. The molecule has 2 aromatic heterocycles. The monoisotopic (exact) mass is 285 g/mol. The molecule has 0 aliphatic rings. The molecule has 4 nitrogen and oxygen atoms in total. The number of nitrogens with one attached hydrogen (secondary N) is 1. The number of nitrogens with two attached hydrogens (primary N) is 1. The van der Waals surface area contributed by atoms with Crippen LogP contribution in [0.1, 0.15) is 29.3 Å². The zero-order valence-electron chi connectivity index (χ0n) is 10.5. The summed E-state index contributed by atoms with van der Waals surface area (Å²) in [5.41, 5.74) is 1.72. The van der Waals surface area contributed by atoms with Gasteiger partial charge in [0, 0.05) is 30.4 Å². The molecule has 108 valence electrons. The Morgan fingerprint density at radius 1 is 1.35 bits per heavy atom. The third-order valence-electron chi connectivity index (χ3n) is 2.99. The largest absolute Gasteiger partial charge is 0.469 e. The highest BCUT2D eigenvalue weighted by molar-refractivity contribution is 5.29. The summed E-state index contributed by atoms with van der Waals surface area (Å²) in [6.45, 7) is 0. The van der Waals surface area contributed by atoms with E-state index in [1.165, 1.54) is 12.5 Å². The molecule has 20 heavy (non-hydrogen) atoms. The predicted octanol–water partition coefficient (Wildman–Crippen LogP) is 2.83. The molecule has 0 aromatic carbocycles. The summed E-state index contributed by atoms with van der Waals surface area (Å²) in [4.78, 5) is 3.75. The van der Waals surface area contributed by atoms with Gasteiger partial charge in [-0.15, -0.1) is 0 Å². The molecule has 1 unspecified atom stereocenters. The van der Waals surface area contributed by atoms with Gasteiger partial charge in [0.1, 0.15) is 5.76 Å². The van der Waals surface area contributed by atoms with E-state index in [0.29, 0.717) is 18.6 Å². The van der Waals surface area contributed by atoms with Crippen molar-refractivity contribution in [2.45, 2.75) is 25.1 Å². The number of aryl methyl sites for hydroxylation is 1. The standard InChI is InChI=1S/C13H14F3N3O/c14-13(15,16)11-5-6-18-8-10(11)12(19-17)4-3-9-2-1-7-20-9/h1-2,5-8,12,19H,3-4,17H2. The SMILES string of the molecule is NNC(CCc1ccco1)c1cnccc1C(F)(F)F. The second kappa shape index (κ2) is 6.06. The van der Waals surface area contributed by atoms with Crippen LogP contribution in [-0.2, 0) is 12.6 Å². The van der Waals surface area contributed by atoms with Crippen molar-refractivity contribution < 1.29 is 17.6 Å². The molecule has 0 amide bonds. The van der Waals surface area contributed by atoms with Crippen LogP contribution in [0.15, 0.2) is 41.3 Å². The van der Waals surface area contributed by atoms with Gasteiger partial charge in [-0.25, -0.2) is 0 Å². The molecule has 0 aliphatic heterocycles. The van der Waals surface area contributed by atoms with Crippen molar-refractivity contribution in [1.29, 1.82) is 0 Å². The van der Waals surface area contributed by atoms with E-state index in [4.69, 9.17) is 10.3 Å².